The molecule has 9 heteroatoms. The highest BCUT2D eigenvalue weighted by atomic mass is 16.7. The molecule has 1 saturated heterocycles. The first-order chi connectivity index (χ1) is 43.8. The molecule has 1 aliphatic rings. The van der Waals surface area contributed by atoms with Crippen LogP contribution in [0.15, 0.2) is 60.8 Å². The van der Waals surface area contributed by atoms with Crippen LogP contribution in [0.2, 0.25) is 0 Å². The number of amides is 1. The van der Waals surface area contributed by atoms with Crippen molar-refractivity contribution in [3.05, 3.63) is 60.8 Å². The summed E-state index contributed by atoms with van der Waals surface area (Å²) in [6.07, 6.45) is 89.3. The van der Waals surface area contributed by atoms with Gasteiger partial charge in [-0.1, -0.05) is 383 Å². The summed E-state index contributed by atoms with van der Waals surface area (Å²) in [5.41, 5.74) is 0. The summed E-state index contributed by atoms with van der Waals surface area (Å²) in [5, 5.41) is 54.9. The number of hydrogen-bond acceptors (Lipinski definition) is 8. The molecule has 0 aliphatic carbocycles. The van der Waals surface area contributed by atoms with Gasteiger partial charge in [-0.25, -0.2) is 0 Å². The van der Waals surface area contributed by atoms with Gasteiger partial charge in [0, 0.05) is 6.42 Å². The Balaban J connectivity index is 2.08. The number of aliphatic hydroxyl groups excluding tert-OH is 5. The maximum atomic E-state index is 13.2. The van der Waals surface area contributed by atoms with Crippen molar-refractivity contribution in [1.82, 2.24) is 5.32 Å². The second-order valence-electron chi connectivity index (χ2n) is 27.1. The van der Waals surface area contributed by atoms with Gasteiger partial charge in [-0.3, -0.25) is 4.79 Å². The Hall–Kier alpha value is -2.11. The van der Waals surface area contributed by atoms with Crippen molar-refractivity contribution in [2.45, 2.75) is 429 Å². The molecule has 0 saturated carbocycles. The van der Waals surface area contributed by atoms with Crippen LogP contribution in [0.4, 0.5) is 0 Å². The number of carbonyl (C=O) groups excluding carboxylic acids is 1. The molecule has 6 N–H and O–H groups in total. The minimum Gasteiger partial charge on any atom is -0.394 e. The predicted molar refractivity (Wildman–Crippen MR) is 382 cm³/mol. The summed E-state index contributed by atoms with van der Waals surface area (Å²) < 4.78 is 11.3. The molecular formula is C80H149NO8. The molecule has 89 heavy (non-hydrogen) atoms. The van der Waals surface area contributed by atoms with Gasteiger partial charge in [-0.05, 0) is 57.8 Å². The molecule has 0 aromatic carbocycles. The van der Waals surface area contributed by atoms with Crippen LogP contribution < -0.4 is 5.32 Å². The number of nitrogens with one attached hydrogen (secondary N) is 1. The lowest BCUT2D eigenvalue weighted by atomic mass is 9.99. The van der Waals surface area contributed by atoms with Gasteiger partial charge >= 0.3 is 0 Å². The van der Waals surface area contributed by atoms with Crippen molar-refractivity contribution < 1.29 is 39.8 Å². The fourth-order valence-electron chi connectivity index (χ4n) is 12.6. The average molecular weight is 1250 g/mol. The maximum absolute atomic E-state index is 13.2. The SMILES string of the molecule is CC/C=C\C/C=C\C/C=C\C/C=C\CCCCCCCCCCCCCCCCCCCCCCC(=O)NC(COC1OC(CO)C(O)C(O)C1O)C(O)/C=C/CCCCCCCCCCCCCCCCCCCCCCCCCCCCCCCCC. The van der Waals surface area contributed by atoms with Gasteiger partial charge in [-0.15, -0.1) is 0 Å². The van der Waals surface area contributed by atoms with Gasteiger partial charge in [0.05, 0.1) is 25.4 Å². The van der Waals surface area contributed by atoms with E-state index < -0.39 is 49.5 Å². The summed E-state index contributed by atoms with van der Waals surface area (Å²) in [7, 11) is 0. The quantitative estimate of drug-likeness (QED) is 0.0261. The van der Waals surface area contributed by atoms with E-state index in [4.69, 9.17) is 9.47 Å². The fraction of sp³-hybridized carbons (Fsp3) is 0.863. The predicted octanol–water partition coefficient (Wildman–Crippen LogP) is 22.1. The topological polar surface area (TPSA) is 149 Å². The summed E-state index contributed by atoms with van der Waals surface area (Å²) in [6, 6.07) is -0.807. The van der Waals surface area contributed by atoms with Gasteiger partial charge in [-0.2, -0.15) is 0 Å². The number of unbranched alkanes of at least 4 members (excludes halogenated alkanes) is 51. The third-order valence-electron chi connectivity index (χ3n) is 18.6. The molecular weight excluding hydrogens is 1100 g/mol. The third kappa shape index (κ3) is 57.1. The molecule has 0 aromatic rings. The van der Waals surface area contributed by atoms with Gasteiger partial charge < -0.3 is 40.3 Å². The Bertz CT molecular complexity index is 1600. The standard InChI is InChI=1S/C80H149NO8/c1-3-5-7-9-11-13-15-17-19-21-23-25-27-29-31-33-35-37-39-41-43-45-47-49-51-53-55-57-59-61-63-65-67-69-74(83)73(72-88-80-79(87)78(86)77(85)75(71-82)89-80)81-76(84)70-68-66-64-62-60-58-56-54-52-50-48-46-44-42-40-38-36-34-32-30-28-26-24-22-20-18-16-14-12-10-8-6-4-2/h6,8,12,14,18,20,24,26,67,69,73-75,77-80,82-83,85-87H,3-5,7,9-11,13,15-17,19,21-23,25,27-66,68,70-72H2,1-2H3,(H,81,84)/b8-6-,14-12-,20-18-,26-24-,69-67+. The zero-order valence-corrected chi connectivity index (χ0v) is 58.7. The number of hydrogen-bond donors (Lipinski definition) is 6. The molecule has 1 rings (SSSR count). The Labute approximate surface area is 551 Å². The van der Waals surface area contributed by atoms with Gasteiger partial charge in [0.2, 0.25) is 5.91 Å². The minimum absolute atomic E-state index is 0.170. The Morgan fingerprint density at radius 2 is 0.697 bits per heavy atom. The first kappa shape index (κ1) is 84.9. The Morgan fingerprint density at radius 3 is 1.03 bits per heavy atom. The Morgan fingerprint density at radius 1 is 0.393 bits per heavy atom. The number of rotatable bonds is 69. The lowest BCUT2D eigenvalue weighted by Gasteiger charge is -2.40. The summed E-state index contributed by atoms with van der Waals surface area (Å²) in [5.74, 6) is -0.170. The minimum atomic E-state index is -1.57. The molecule has 0 aromatic heterocycles. The highest BCUT2D eigenvalue weighted by Gasteiger charge is 2.44. The number of allylic oxidation sites excluding steroid dienone is 9. The molecule has 1 aliphatic heterocycles. The van der Waals surface area contributed by atoms with E-state index in [1.807, 2.05) is 6.08 Å². The van der Waals surface area contributed by atoms with Crippen LogP contribution in [0.25, 0.3) is 0 Å². The monoisotopic (exact) mass is 1250 g/mol. The van der Waals surface area contributed by atoms with Gasteiger partial charge in [0.1, 0.15) is 24.4 Å². The lowest BCUT2D eigenvalue weighted by molar-refractivity contribution is -0.302. The zero-order chi connectivity index (χ0) is 64.2. The number of ether oxygens (including phenoxy) is 2. The van der Waals surface area contributed by atoms with E-state index in [9.17, 15) is 30.3 Å². The lowest BCUT2D eigenvalue weighted by Crippen LogP contribution is -2.60. The second kappa shape index (κ2) is 68.7. The number of carbonyl (C=O) groups is 1. The zero-order valence-electron chi connectivity index (χ0n) is 58.7. The van der Waals surface area contributed by atoms with Crippen LogP contribution in [-0.4, -0.2) is 87.5 Å². The van der Waals surface area contributed by atoms with Crippen molar-refractivity contribution >= 4 is 5.91 Å². The van der Waals surface area contributed by atoms with E-state index in [-0.39, 0.29) is 12.5 Å². The van der Waals surface area contributed by atoms with Gasteiger partial charge in [0.15, 0.2) is 6.29 Å². The molecule has 9 nitrogen and oxygen atoms in total. The summed E-state index contributed by atoms with van der Waals surface area (Å²) >= 11 is 0. The highest BCUT2D eigenvalue weighted by molar-refractivity contribution is 5.76. The summed E-state index contributed by atoms with van der Waals surface area (Å²) in [4.78, 5) is 13.2. The van der Waals surface area contributed by atoms with E-state index in [0.29, 0.717) is 6.42 Å². The largest absolute Gasteiger partial charge is 0.394 e. The Kier molecular flexibility index (Phi) is 65.6. The van der Waals surface area contributed by atoms with Crippen LogP contribution in [0, 0.1) is 0 Å². The first-order valence-corrected chi connectivity index (χ1v) is 39.0. The molecule has 0 radical (unpaired) electrons. The third-order valence-corrected chi connectivity index (χ3v) is 18.6. The molecule has 1 amide bonds. The van der Waals surface area contributed by atoms with Crippen molar-refractivity contribution in [2.24, 2.45) is 0 Å². The van der Waals surface area contributed by atoms with Crippen molar-refractivity contribution in [3.8, 4) is 0 Å². The van der Waals surface area contributed by atoms with Crippen molar-refractivity contribution in [3.63, 3.8) is 0 Å². The average Bonchev–Trinajstić information content (AvgIpc) is 2.28. The molecule has 0 spiro atoms. The molecule has 1 fully saturated rings. The maximum Gasteiger partial charge on any atom is 0.220 e. The van der Waals surface area contributed by atoms with Crippen LogP contribution in [0.5, 0.6) is 0 Å². The normalized spacial score (nSPS) is 18.1. The number of aliphatic hydroxyl groups is 5. The summed E-state index contributed by atoms with van der Waals surface area (Å²) in [6.45, 7) is 3.72. The van der Waals surface area contributed by atoms with E-state index in [1.165, 1.54) is 302 Å². The van der Waals surface area contributed by atoms with Crippen LogP contribution in [0.1, 0.15) is 386 Å². The molecule has 1 heterocycles. The van der Waals surface area contributed by atoms with E-state index in [0.717, 1.165) is 64.2 Å². The van der Waals surface area contributed by atoms with E-state index >= 15 is 0 Å². The molecule has 7 unspecified atom stereocenters. The van der Waals surface area contributed by atoms with Crippen LogP contribution >= 0.6 is 0 Å². The molecule has 0 bridgehead atoms. The van der Waals surface area contributed by atoms with Crippen LogP contribution in [0.3, 0.4) is 0 Å². The van der Waals surface area contributed by atoms with Crippen LogP contribution in [-0.2, 0) is 14.3 Å². The molecule has 522 valence electrons. The second-order valence-corrected chi connectivity index (χ2v) is 27.1. The van der Waals surface area contributed by atoms with Crippen molar-refractivity contribution in [2.75, 3.05) is 13.2 Å². The van der Waals surface area contributed by atoms with Crippen molar-refractivity contribution in [1.29, 1.82) is 0 Å². The van der Waals surface area contributed by atoms with E-state index in [2.05, 4.69) is 67.8 Å². The molecule has 7 atom stereocenters. The highest BCUT2D eigenvalue weighted by Crippen LogP contribution is 2.24. The van der Waals surface area contributed by atoms with E-state index in [1.54, 1.807) is 6.08 Å². The fourth-order valence-corrected chi connectivity index (χ4v) is 12.6. The smallest absolute Gasteiger partial charge is 0.220 e. The first-order valence-electron chi connectivity index (χ1n) is 39.0. The van der Waals surface area contributed by atoms with Gasteiger partial charge in [0.25, 0.3) is 0 Å².